The van der Waals surface area contributed by atoms with E-state index in [1.54, 1.807) is 18.2 Å². The maximum atomic E-state index is 10.5. The number of ether oxygens (including phenoxy) is 2. The molecule has 0 radical (unpaired) electrons. The van der Waals surface area contributed by atoms with Gasteiger partial charge < -0.3 is 14.3 Å². The van der Waals surface area contributed by atoms with Crippen LogP contribution < -0.4 is 9.47 Å². The monoisotopic (exact) mass is 189 g/mol. The second-order valence-electron chi connectivity index (χ2n) is 2.86. The minimum Gasteiger partial charge on any atom is -0.454 e. The predicted molar refractivity (Wildman–Crippen MR) is 47.0 cm³/mol. The molecule has 0 spiro atoms. The number of nitriles is 1. The number of benzene rings is 1. The maximum absolute atomic E-state index is 10.5. The van der Waals surface area contributed by atoms with Gasteiger partial charge in [-0.15, -0.1) is 0 Å². The molecule has 0 saturated heterocycles. The molecule has 0 fully saturated rings. The molecule has 0 aliphatic carbocycles. The lowest BCUT2D eigenvalue weighted by atomic mass is 10.0. The normalized spacial score (nSPS) is 14.5. The third kappa shape index (κ3) is 1.29. The van der Waals surface area contributed by atoms with E-state index in [0.29, 0.717) is 23.3 Å². The van der Waals surface area contributed by atoms with E-state index < -0.39 is 5.92 Å². The standard InChI is InChI=1S/C10H7NO3/c11-4-8(5-12)7-1-2-9-10(3-7)14-6-13-9/h1-3,5,8H,6H2/t8-/m0/s1. The number of carbonyl (C=O) groups excluding carboxylic acids is 1. The second kappa shape index (κ2) is 3.38. The van der Waals surface area contributed by atoms with Gasteiger partial charge in [0, 0.05) is 0 Å². The number of nitrogens with zero attached hydrogens (tertiary/aromatic N) is 1. The van der Waals surface area contributed by atoms with Crippen molar-refractivity contribution in [3.63, 3.8) is 0 Å². The van der Waals surface area contributed by atoms with Gasteiger partial charge in [-0.25, -0.2) is 0 Å². The molecule has 0 N–H and O–H groups in total. The summed E-state index contributed by atoms with van der Waals surface area (Å²) in [5, 5.41) is 8.67. The molecule has 0 unspecified atom stereocenters. The number of hydrogen-bond donors (Lipinski definition) is 0. The van der Waals surface area contributed by atoms with E-state index in [9.17, 15) is 4.79 Å². The first-order valence-corrected chi connectivity index (χ1v) is 4.09. The highest BCUT2D eigenvalue weighted by atomic mass is 16.7. The Morgan fingerprint density at radius 3 is 2.93 bits per heavy atom. The zero-order chi connectivity index (χ0) is 9.97. The number of fused-ring (bicyclic) bond motifs is 1. The molecule has 1 aliphatic heterocycles. The Balaban J connectivity index is 2.38. The van der Waals surface area contributed by atoms with Crippen LogP contribution in [0.1, 0.15) is 11.5 Å². The first kappa shape index (κ1) is 8.57. The van der Waals surface area contributed by atoms with Gasteiger partial charge in [0.1, 0.15) is 12.2 Å². The second-order valence-corrected chi connectivity index (χ2v) is 2.86. The molecule has 70 valence electrons. The van der Waals surface area contributed by atoms with Gasteiger partial charge >= 0.3 is 0 Å². The van der Waals surface area contributed by atoms with Crippen LogP contribution in [0.15, 0.2) is 18.2 Å². The number of aldehydes is 1. The zero-order valence-electron chi connectivity index (χ0n) is 7.27. The van der Waals surface area contributed by atoms with Crippen molar-refractivity contribution in [2.45, 2.75) is 5.92 Å². The molecule has 0 aromatic heterocycles. The molecule has 1 aliphatic rings. The van der Waals surface area contributed by atoms with Crippen LogP contribution in [0.25, 0.3) is 0 Å². The molecule has 0 amide bonds. The van der Waals surface area contributed by atoms with E-state index in [0.717, 1.165) is 0 Å². The Hall–Kier alpha value is -2.02. The smallest absolute Gasteiger partial charge is 0.231 e. The van der Waals surface area contributed by atoms with Crippen molar-refractivity contribution in [2.75, 3.05) is 6.79 Å². The Labute approximate surface area is 80.7 Å². The molecular weight excluding hydrogens is 182 g/mol. The van der Waals surface area contributed by atoms with Crippen LogP contribution in [0.2, 0.25) is 0 Å². The lowest BCUT2D eigenvalue weighted by Gasteiger charge is -2.02. The number of hydrogen-bond acceptors (Lipinski definition) is 4. The molecular formula is C10H7NO3. The molecule has 1 atom stereocenters. The minimum absolute atomic E-state index is 0.192. The highest BCUT2D eigenvalue weighted by Gasteiger charge is 2.16. The van der Waals surface area contributed by atoms with E-state index in [-0.39, 0.29) is 6.79 Å². The third-order valence-corrected chi connectivity index (χ3v) is 2.03. The minimum atomic E-state index is -0.732. The summed E-state index contributed by atoms with van der Waals surface area (Å²) in [5.41, 5.74) is 0.631. The van der Waals surface area contributed by atoms with Gasteiger partial charge in [0.05, 0.1) is 6.07 Å². The average molecular weight is 189 g/mol. The van der Waals surface area contributed by atoms with Crippen LogP contribution in [0.5, 0.6) is 11.5 Å². The lowest BCUT2D eigenvalue weighted by Crippen LogP contribution is -1.96. The quantitative estimate of drug-likeness (QED) is 0.656. The van der Waals surface area contributed by atoms with Crippen molar-refractivity contribution >= 4 is 6.29 Å². The highest BCUT2D eigenvalue weighted by Crippen LogP contribution is 2.34. The van der Waals surface area contributed by atoms with Crippen LogP contribution in [0.4, 0.5) is 0 Å². The number of rotatable bonds is 2. The summed E-state index contributed by atoms with van der Waals surface area (Å²) in [7, 11) is 0. The van der Waals surface area contributed by atoms with Crippen molar-refractivity contribution < 1.29 is 14.3 Å². The van der Waals surface area contributed by atoms with Crippen LogP contribution in [-0.2, 0) is 4.79 Å². The van der Waals surface area contributed by atoms with Gasteiger partial charge in [-0.1, -0.05) is 6.07 Å². The Kier molecular flexibility index (Phi) is 2.07. The molecule has 2 rings (SSSR count). The molecule has 4 nitrogen and oxygen atoms in total. The molecule has 4 heteroatoms. The summed E-state index contributed by atoms with van der Waals surface area (Å²) in [4.78, 5) is 10.5. The van der Waals surface area contributed by atoms with Crippen LogP contribution in [-0.4, -0.2) is 13.1 Å². The number of carbonyl (C=O) groups is 1. The molecule has 0 bridgehead atoms. The fourth-order valence-corrected chi connectivity index (χ4v) is 1.29. The molecule has 1 aromatic rings. The largest absolute Gasteiger partial charge is 0.454 e. The summed E-state index contributed by atoms with van der Waals surface area (Å²) in [6.07, 6.45) is 0.609. The fourth-order valence-electron chi connectivity index (χ4n) is 1.29. The topological polar surface area (TPSA) is 59.3 Å². The Morgan fingerprint density at radius 2 is 2.21 bits per heavy atom. The summed E-state index contributed by atoms with van der Waals surface area (Å²) >= 11 is 0. The van der Waals surface area contributed by atoms with Crippen LogP contribution in [0, 0.1) is 11.3 Å². The first-order chi connectivity index (χ1) is 6.85. The third-order valence-electron chi connectivity index (χ3n) is 2.03. The maximum Gasteiger partial charge on any atom is 0.231 e. The summed E-state index contributed by atoms with van der Waals surface area (Å²) in [6.45, 7) is 0.192. The van der Waals surface area contributed by atoms with Crippen molar-refractivity contribution in [3.8, 4) is 17.6 Å². The summed E-state index contributed by atoms with van der Waals surface area (Å²) in [5.74, 6) is 0.505. The zero-order valence-corrected chi connectivity index (χ0v) is 7.27. The van der Waals surface area contributed by atoms with E-state index >= 15 is 0 Å². The van der Waals surface area contributed by atoms with Gasteiger partial charge in [0.15, 0.2) is 11.5 Å². The Morgan fingerprint density at radius 1 is 1.43 bits per heavy atom. The van der Waals surface area contributed by atoms with Crippen molar-refractivity contribution in [2.24, 2.45) is 0 Å². The first-order valence-electron chi connectivity index (χ1n) is 4.09. The van der Waals surface area contributed by atoms with Gasteiger partial charge in [0.25, 0.3) is 0 Å². The molecule has 14 heavy (non-hydrogen) atoms. The van der Waals surface area contributed by atoms with Gasteiger partial charge in [-0.2, -0.15) is 5.26 Å². The molecule has 1 aromatic carbocycles. The summed E-state index contributed by atoms with van der Waals surface area (Å²) < 4.78 is 10.2. The molecule has 0 saturated carbocycles. The predicted octanol–water partition coefficient (Wildman–Crippen LogP) is 1.22. The van der Waals surface area contributed by atoms with Gasteiger partial charge in [0.2, 0.25) is 6.79 Å². The van der Waals surface area contributed by atoms with Crippen molar-refractivity contribution in [1.29, 1.82) is 5.26 Å². The fraction of sp³-hybridized carbons (Fsp3) is 0.200. The van der Waals surface area contributed by atoms with Gasteiger partial charge in [-0.05, 0) is 17.7 Å². The van der Waals surface area contributed by atoms with Crippen molar-refractivity contribution in [3.05, 3.63) is 23.8 Å². The van der Waals surface area contributed by atoms with Crippen molar-refractivity contribution in [1.82, 2.24) is 0 Å². The molecule has 1 heterocycles. The SMILES string of the molecule is N#C[C@@H](C=O)c1ccc2c(c1)OCO2. The van der Waals surface area contributed by atoms with Gasteiger partial charge in [-0.3, -0.25) is 0 Å². The van der Waals surface area contributed by atoms with E-state index in [1.807, 2.05) is 6.07 Å². The lowest BCUT2D eigenvalue weighted by molar-refractivity contribution is -0.108. The highest BCUT2D eigenvalue weighted by molar-refractivity contribution is 5.67. The van der Waals surface area contributed by atoms with Crippen LogP contribution >= 0.6 is 0 Å². The van der Waals surface area contributed by atoms with E-state index in [1.165, 1.54) is 0 Å². The van der Waals surface area contributed by atoms with Crippen LogP contribution in [0.3, 0.4) is 0 Å². The van der Waals surface area contributed by atoms with E-state index in [4.69, 9.17) is 14.7 Å². The van der Waals surface area contributed by atoms with E-state index in [2.05, 4.69) is 0 Å². The average Bonchev–Trinajstić information content (AvgIpc) is 2.66. The Bertz CT molecular complexity index is 408. The summed E-state index contributed by atoms with van der Waals surface area (Å²) in [6, 6.07) is 6.94.